The largest absolute Gasteiger partial charge is 0.496 e. The molecule has 0 saturated carbocycles. The van der Waals surface area contributed by atoms with Crippen LogP contribution < -0.4 is 10.5 Å². The van der Waals surface area contributed by atoms with Crippen LogP contribution in [0.15, 0.2) is 18.2 Å². The van der Waals surface area contributed by atoms with Crippen molar-refractivity contribution in [2.75, 3.05) is 14.2 Å². The van der Waals surface area contributed by atoms with Gasteiger partial charge < -0.3 is 15.2 Å². The van der Waals surface area contributed by atoms with Crippen molar-refractivity contribution in [1.82, 2.24) is 0 Å². The molecule has 2 unspecified atom stereocenters. The van der Waals surface area contributed by atoms with E-state index in [2.05, 4.69) is 0 Å². The quantitative estimate of drug-likeness (QED) is 0.751. The summed E-state index contributed by atoms with van der Waals surface area (Å²) in [5, 5.41) is 0. The van der Waals surface area contributed by atoms with Crippen molar-refractivity contribution in [3.05, 3.63) is 29.3 Å². The van der Waals surface area contributed by atoms with Gasteiger partial charge in [-0.3, -0.25) is 4.79 Å². The average Bonchev–Trinajstić information content (AvgIpc) is 2.63. The molecule has 1 aliphatic carbocycles. The first-order valence-corrected chi connectivity index (χ1v) is 5.18. The maximum Gasteiger partial charge on any atom is 0.314 e. The Morgan fingerprint density at radius 3 is 2.81 bits per heavy atom. The molecule has 0 aromatic heterocycles. The van der Waals surface area contributed by atoms with E-state index in [0.29, 0.717) is 6.42 Å². The number of benzene rings is 1. The molecule has 1 aromatic carbocycles. The van der Waals surface area contributed by atoms with Crippen LogP contribution in [0.1, 0.15) is 17.0 Å². The van der Waals surface area contributed by atoms with Crippen LogP contribution in [-0.4, -0.2) is 26.2 Å². The number of rotatable bonds is 2. The molecule has 1 aromatic rings. The van der Waals surface area contributed by atoms with Crippen molar-refractivity contribution in [1.29, 1.82) is 0 Å². The summed E-state index contributed by atoms with van der Waals surface area (Å²) in [5.74, 6) is 0.147. The van der Waals surface area contributed by atoms with Crippen LogP contribution in [0.2, 0.25) is 0 Å². The summed E-state index contributed by atoms with van der Waals surface area (Å²) in [5.41, 5.74) is 7.92. The third-order valence-electron chi connectivity index (χ3n) is 3.05. The van der Waals surface area contributed by atoms with Gasteiger partial charge in [0.25, 0.3) is 0 Å². The summed E-state index contributed by atoms with van der Waals surface area (Å²) < 4.78 is 10.0. The number of nitrogens with two attached hydrogens (primary N) is 1. The van der Waals surface area contributed by atoms with Crippen LogP contribution in [0.5, 0.6) is 5.75 Å². The second kappa shape index (κ2) is 4.14. The normalized spacial score (nSPS) is 22.7. The number of methoxy groups -OCH3 is 2. The van der Waals surface area contributed by atoms with Crippen molar-refractivity contribution in [2.45, 2.75) is 18.4 Å². The van der Waals surface area contributed by atoms with Gasteiger partial charge in [0.05, 0.1) is 20.1 Å². The predicted octanol–water partition coefficient (Wildman–Crippen LogP) is 0.835. The molecule has 4 heteroatoms. The molecule has 0 amide bonds. The molecule has 0 saturated heterocycles. The predicted molar refractivity (Wildman–Crippen MR) is 59.4 cm³/mol. The van der Waals surface area contributed by atoms with Gasteiger partial charge in [-0.25, -0.2) is 0 Å². The first kappa shape index (κ1) is 11.0. The monoisotopic (exact) mass is 221 g/mol. The molecule has 0 radical (unpaired) electrons. The fraction of sp³-hybridized carbons (Fsp3) is 0.417. The first-order valence-electron chi connectivity index (χ1n) is 5.18. The minimum Gasteiger partial charge on any atom is -0.496 e. The van der Waals surface area contributed by atoms with Crippen molar-refractivity contribution >= 4 is 5.97 Å². The standard InChI is InChI=1S/C12H15NO3/c1-15-10-5-3-4-7-8(10)6-9(13)11(7)12(14)16-2/h3-5,9,11H,6,13H2,1-2H3. The molecule has 2 rings (SSSR count). The summed E-state index contributed by atoms with van der Waals surface area (Å²) in [4.78, 5) is 11.6. The molecule has 0 bridgehead atoms. The number of ether oxygens (including phenoxy) is 2. The Labute approximate surface area is 94.3 Å². The van der Waals surface area contributed by atoms with Crippen LogP contribution in [0.3, 0.4) is 0 Å². The van der Waals surface area contributed by atoms with Crippen molar-refractivity contribution < 1.29 is 14.3 Å². The van der Waals surface area contributed by atoms with Crippen LogP contribution >= 0.6 is 0 Å². The van der Waals surface area contributed by atoms with Gasteiger partial charge in [-0.1, -0.05) is 12.1 Å². The van der Waals surface area contributed by atoms with E-state index >= 15 is 0 Å². The summed E-state index contributed by atoms with van der Waals surface area (Å²) >= 11 is 0. The topological polar surface area (TPSA) is 61.5 Å². The Bertz CT molecular complexity index is 417. The fourth-order valence-corrected chi connectivity index (χ4v) is 2.30. The van der Waals surface area contributed by atoms with E-state index in [-0.39, 0.29) is 17.9 Å². The molecule has 0 fully saturated rings. The zero-order chi connectivity index (χ0) is 11.7. The van der Waals surface area contributed by atoms with E-state index in [1.54, 1.807) is 7.11 Å². The van der Waals surface area contributed by atoms with Gasteiger partial charge in [-0.05, 0) is 23.6 Å². The number of hydrogen-bond donors (Lipinski definition) is 1. The zero-order valence-corrected chi connectivity index (χ0v) is 9.40. The Morgan fingerprint density at radius 2 is 2.19 bits per heavy atom. The van der Waals surface area contributed by atoms with E-state index in [1.807, 2.05) is 18.2 Å². The van der Waals surface area contributed by atoms with Gasteiger partial charge in [0.2, 0.25) is 0 Å². The Balaban J connectivity index is 2.45. The molecular formula is C12H15NO3. The number of carbonyl (C=O) groups excluding carboxylic acids is 1. The van der Waals surface area contributed by atoms with E-state index in [9.17, 15) is 4.79 Å². The molecule has 1 aliphatic rings. The minimum atomic E-state index is -0.366. The second-order valence-electron chi connectivity index (χ2n) is 3.90. The lowest BCUT2D eigenvalue weighted by molar-refractivity contribution is -0.142. The van der Waals surface area contributed by atoms with Gasteiger partial charge in [-0.15, -0.1) is 0 Å². The maximum atomic E-state index is 11.6. The van der Waals surface area contributed by atoms with Crippen LogP contribution in [-0.2, 0) is 16.0 Å². The number of esters is 1. The summed E-state index contributed by atoms with van der Waals surface area (Å²) in [6, 6.07) is 5.43. The molecule has 16 heavy (non-hydrogen) atoms. The van der Waals surface area contributed by atoms with E-state index in [4.69, 9.17) is 15.2 Å². The second-order valence-corrected chi connectivity index (χ2v) is 3.90. The lowest BCUT2D eigenvalue weighted by Gasteiger charge is -2.13. The first-order chi connectivity index (χ1) is 7.69. The molecule has 0 aliphatic heterocycles. The smallest absolute Gasteiger partial charge is 0.314 e. The lowest BCUT2D eigenvalue weighted by atomic mass is 9.99. The van der Waals surface area contributed by atoms with E-state index in [1.165, 1.54) is 7.11 Å². The van der Waals surface area contributed by atoms with Gasteiger partial charge >= 0.3 is 5.97 Å². The fourth-order valence-electron chi connectivity index (χ4n) is 2.30. The molecule has 0 spiro atoms. The summed E-state index contributed by atoms with van der Waals surface area (Å²) in [6.45, 7) is 0. The third kappa shape index (κ3) is 1.55. The molecule has 86 valence electrons. The van der Waals surface area contributed by atoms with Crippen molar-refractivity contribution in [2.24, 2.45) is 5.73 Å². The number of fused-ring (bicyclic) bond motifs is 1. The third-order valence-corrected chi connectivity index (χ3v) is 3.05. The molecule has 4 nitrogen and oxygen atoms in total. The van der Waals surface area contributed by atoms with Crippen LogP contribution in [0, 0.1) is 0 Å². The van der Waals surface area contributed by atoms with Gasteiger partial charge in [0, 0.05) is 6.04 Å². The van der Waals surface area contributed by atoms with E-state index in [0.717, 1.165) is 16.9 Å². The van der Waals surface area contributed by atoms with Crippen LogP contribution in [0.4, 0.5) is 0 Å². The molecule has 0 heterocycles. The minimum absolute atomic E-state index is 0.223. The van der Waals surface area contributed by atoms with Gasteiger partial charge in [0.15, 0.2) is 0 Å². The van der Waals surface area contributed by atoms with Gasteiger partial charge in [0.1, 0.15) is 5.75 Å². The van der Waals surface area contributed by atoms with E-state index < -0.39 is 0 Å². The van der Waals surface area contributed by atoms with Crippen LogP contribution in [0.25, 0.3) is 0 Å². The molecular weight excluding hydrogens is 206 g/mol. The Hall–Kier alpha value is -1.55. The lowest BCUT2D eigenvalue weighted by Crippen LogP contribution is -2.31. The maximum absolute atomic E-state index is 11.6. The SMILES string of the molecule is COC(=O)C1c2cccc(OC)c2CC1N. The molecule has 2 N–H and O–H groups in total. The summed E-state index contributed by atoms with van der Waals surface area (Å²) in [7, 11) is 3.00. The number of carbonyl (C=O) groups is 1. The van der Waals surface area contributed by atoms with Gasteiger partial charge in [-0.2, -0.15) is 0 Å². The average molecular weight is 221 g/mol. The zero-order valence-electron chi connectivity index (χ0n) is 9.40. The number of hydrogen-bond acceptors (Lipinski definition) is 4. The highest BCUT2D eigenvalue weighted by atomic mass is 16.5. The molecule has 2 atom stereocenters. The van der Waals surface area contributed by atoms with Crippen molar-refractivity contribution in [3.63, 3.8) is 0 Å². The Morgan fingerprint density at radius 1 is 1.44 bits per heavy atom. The summed E-state index contributed by atoms with van der Waals surface area (Å²) in [6.07, 6.45) is 0.652. The van der Waals surface area contributed by atoms with Crippen molar-refractivity contribution in [3.8, 4) is 5.75 Å². The highest BCUT2D eigenvalue weighted by Crippen LogP contribution is 2.38. The Kier molecular flexibility index (Phi) is 2.83. The highest BCUT2D eigenvalue weighted by Gasteiger charge is 2.37. The highest BCUT2D eigenvalue weighted by molar-refractivity contribution is 5.81.